The first-order valence-corrected chi connectivity index (χ1v) is 3.86. The van der Waals surface area contributed by atoms with Gasteiger partial charge in [0.25, 0.3) is 0 Å². The molecule has 0 aliphatic heterocycles. The lowest BCUT2D eigenvalue weighted by molar-refractivity contribution is -0.131. The summed E-state index contributed by atoms with van der Waals surface area (Å²) in [5.41, 5.74) is 1.48. The van der Waals surface area contributed by atoms with Gasteiger partial charge in [-0.3, -0.25) is 0 Å². The lowest BCUT2D eigenvalue weighted by Crippen LogP contribution is -1.90. The number of hydrogen-bond donors (Lipinski definition) is 1. The fraction of sp³-hybridized carbons (Fsp3) is 0. The van der Waals surface area contributed by atoms with E-state index in [1.54, 1.807) is 0 Å². The largest absolute Gasteiger partial charge is 0.478 e. The average Bonchev–Trinajstić information content (AvgIpc) is 2.15. The van der Waals surface area contributed by atoms with Gasteiger partial charge in [0.15, 0.2) is 0 Å². The van der Waals surface area contributed by atoms with Crippen molar-refractivity contribution in [1.29, 1.82) is 0 Å². The van der Waals surface area contributed by atoms with E-state index in [2.05, 4.69) is 6.58 Å². The number of carbonyl (C=O) groups is 1. The molecule has 1 rings (SSSR count). The summed E-state index contributed by atoms with van der Waals surface area (Å²) in [6.45, 7) is 3.56. The molecule has 0 aliphatic carbocycles. The maximum atomic E-state index is 10.4. The van der Waals surface area contributed by atoms with Crippen LogP contribution < -0.4 is 0 Å². The van der Waals surface area contributed by atoms with Crippen molar-refractivity contribution in [2.24, 2.45) is 0 Å². The Morgan fingerprint density at radius 1 is 1.31 bits per heavy atom. The van der Waals surface area contributed by atoms with E-state index in [9.17, 15) is 4.79 Å². The molecule has 0 amide bonds. The average molecular weight is 174 g/mol. The summed E-state index contributed by atoms with van der Waals surface area (Å²) >= 11 is 0. The molecule has 0 aliphatic rings. The Morgan fingerprint density at radius 2 is 1.92 bits per heavy atom. The van der Waals surface area contributed by atoms with Gasteiger partial charge in [0.1, 0.15) is 0 Å². The number of carboxylic acid groups (broad SMARTS) is 1. The monoisotopic (exact) mass is 174 g/mol. The summed E-state index contributed by atoms with van der Waals surface area (Å²) in [4.78, 5) is 10.4. The third-order valence-corrected chi connectivity index (χ3v) is 1.61. The van der Waals surface area contributed by atoms with Crippen molar-refractivity contribution in [1.82, 2.24) is 0 Å². The van der Waals surface area contributed by atoms with Gasteiger partial charge in [-0.2, -0.15) is 0 Å². The minimum atomic E-state index is -0.959. The second kappa shape index (κ2) is 4.26. The van der Waals surface area contributed by atoms with Crippen molar-refractivity contribution in [2.45, 2.75) is 0 Å². The maximum absolute atomic E-state index is 10.4. The summed E-state index contributed by atoms with van der Waals surface area (Å²) in [5.74, 6) is -0.959. The molecule has 0 bridgehead atoms. The Bertz CT molecular complexity index is 336. The Morgan fingerprint density at radius 3 is 2.38 bits per heavy atom. The van der Waals surface area contributed by atoms with Crippen molar-refractivity contribution >= 4 is 11.5 Å². The summed E-state index contributed by atoms with van der Waals surface area (Å²) in [7, 11) is 0. The second-order valence-corrected chi connectivity index (χ2v) is 2.51. The van der Waals surface area contributed by atoms with Crippen LogP contribution in [0.1, 0.15) is 5.56 Å². The smallest absolute Gasteiger partial charge is 0.328 e. The first-order chi connectivity index (χ1) is 6.24. The van der Waals surface area contributed by atoms with E-state index >= 15 is 0 Å². The van der Waals surface area contributed by atoms with Crippen LogP contribution in [-0.2, 0) is 4.79 Å². The Hall–Kier alpha value is -1.83. The summed E-state index contributed by atoms with van der Waals surface area (Å²) in [6, 6.07) is 9.28. The molecule has 1 aromatic rings. The molecular weight excluding hydrogens is 164 g/mol. The fourth-order valence-electron chi connectivity index (χ4n) is 1.02. The molecule has 2 nitrogen and oxygen atoms in total. The number of hydrogen-bond acceptors (Lipinski definition) is 1. The highest BCUT2D eigenvalue weighted by molar-refractivity contribution is 5.92. The third-order valence-electron chi connectivity index (χ3n) is 1.61. The molecule has 0 saturated heterocycles. The standard InChI is InChI=1S/C11H10O2/c1-2-9(8-11(12)13)10-6-4-3-5-7-10/h2-8H,1H2,(H,12,13)/b9-8-. The molecule has 1 N–H and O–H groups in total. The first-order valence-electron chi connectivity index (χ1n) is 3.86. The zero-order valence-electron chi connectivity index (χ0n) is 7.10. The Labute approximate surface area is 76.8 Å². The van der Waals surface area contributed by atoms with Gasteiger partial charge in [-0.25, -0.2) is 4.79 Å². The molecule has 0 fully saturated rings. The molecule has 2 heteroatoms. The summed E-state index contributed by atoms with van der Waals surface area (Å²) in [6.07, 6.45) is 2.67. The zero-order valence-corrected chi connectivity index (χ0v) is 7.10. The third kappa shape index (κ3) is 2.60. The molecule has 0 unspecified atom stereocenters. The molecule has 13 heavy (non-hydrogen) atoms. The van der Waals surface area contributed by atoms with Gasteiger partial charge in [0.05, 0.1) is 0 Å². The first kappa shape index (κ1) is 9.26. The minimum Gasteiger partial charge on any atom is -0.478 e. The van der Waals surface area contributed by atoms with Crippen LogP contribution in [0.3, 0.4) is 0 Å². The summed E-state index contributed by atoms with van der Waals surface area (Å²) < 4.78 is 0. The van der Waals surface area contributed by atoms with Crippen LogP contribution in [0.4, 0.5) is 0 Å². The van der Waals surface area contributed by atoms with Crippen molar-refractivity contribution in [2.75, 3.05) is 0 Å². The van der Waals surface area contributed by atoms with Crippen LogP contribution in [0.15, 0.2) is 49.1 Å². The normalized spacial score (nSPS) is 10.9. The highest BCUT2D eigenvalue weighted by Gasteiger charge is 1.98. The predicted octanol–water partition coefficient (Wildman–Crippen LogP) is 2.34. The second-order valence-electron chi connectivity index (χ2n) is 2.51. The Balaban J connectivity index is 3.05. The maximum Gasteiger partial charge on any atom is 0.328 e. The Kier molecular flexibility index (Phi) is 3.03. The van der Waals surface area contributed by atoms with E-state index in [1.807, 2.05) is 30.3 Å². The lowest BCUT2D eigenvalue weighted by Gasteiger charge is -1.99. The van der Waals surface area contributed by atoms with Gasteiger partial charge < -0.3 is 5.11 Å². The molecule has 66 valence electrons. The van der Waals surface area contributed by atoms with E-state index in [1.165, 1.54) is 6.08 Å². The van der Waals surface area contributed by atoms with Crippen molar-refractivity contribution in [3.63, 3.8) is 0 Å². The van der Waals surface area contributed by atoms with Gasteiger partial charge in [0.2, 0.25) is 0 Å². The molecule has 0 aromatic heterocycles. The van der Waals surface area contributed by atoms with Crippen LogP contribution in [0.25, 0.3) is 5.57 Å². The van der Waals surface area contributed by atoms with Gasteiger partial charge in [-0.1, -0.05) is 43.0 Å². The van der Waals surface area contributed by atoms with Crippen LogP contribution in [0.2, 0.25) is 0 Å². The van der Waals surface area contributed by atoms with E-state index in [4.69, 9.17) is 5.11 Å². The SMILES string of the molecule is C=C/C(=C/C(=O)O)c1ccccc1. The van der Waals surface area contributed by atoms with E-state index in [0.29, 0.717) is 5.57 Å². The number of rotatable bonds is 3. The molecule has 1 aromatic carbocycles. The topological polar surface area (TPSA) is 37.3 Å². The fourth-order valence-corrected chi connectivity index (χ4v) is 1.02. The van der Waals surface area contributed by atoms with Crippen LogP contribution in [0.5, 0.6) is 0 Å². The predicted molar refractivity (Wildman–Crippen MR) is 52.3 cm³/mol. The van der Waals surface area contributed by atoms with Crippen molar-refractivity contribution < 1.29 is 9.90 Å². The molecule has 0 radical (unpaired) electrons. The number of carboxylic acids is 1. The minimum absolute atomic E-state index is 0.619. The quantitative estimate of drug-likeness (QED) is 0.564. The summed E-state index contributed by atoms with van der Waals surface area (Å²) in [5, 5.41) is 8.55. The van der Waals surface area contributed by atoms with Gasteiger partial charge in [-0.05, 0) is 11.1 Å². The number of benzene rings is 1. The van der Waals surface area contributed by atoms with Gasteiger partial charge in [-0.15, -0.1) is 0 Å². The van der Waals surface area contributed by atoms with E-state index in [-0.39, 0.29) is 0 Å². The zero-order chi connectivity index (χ0) is 9.68. The lowest BCUT2D eigenvalue weighted by atomic mass is 10.1. The molecule has 0 heterocycles. The molecule has 0 saturated carbocycles. The van der Waals surface area contributed by atoms with Crippen LogP contribution >= 0.6 is 0 Å². The number of aliphatic carboxylic acids is 1. The molecule has 0 atom stereocenters. The van der Waals surface area contributed by atoms with Crippen LogP contribution in [0, 0.1) is 0 Å². The van der Waals surface area contributed by atoms with Gasteiger partial charge >= 0.3 is 5.97 Å². The van der Waals surface area contributed by atoms with E-state index < -0.39 is 5.97 Å². The highest BCUT2D eigenvalue weighted by Crippen LogP contribution is 2.13. The van der Waals surface area contributed by atoms with Crippen molar-refractivity contribution in [3.8, 4) is 0 Å². The van der Waals surface area contributed by atoms with E-state index in [0.717, 1.165) is 11.6 Å². The highest BCUT2D eigenvalue weighted by atomic mass is 16.4. The van der Waals surface area contributed by atoms with Crippen LogP contribution in [-0.4, -0.2) is 11.1 Å². The number of allylic oxidation sites excluding steroid dienone is 2. The molecule has 0 spiro atoms. The molecular formula is C11H10O2. The van der Waals surface area contributed by atoms with Gasteiger partial charge in [0, 0.05) is 6.08 Å². The van der Waals surface area contributed by atoms with Crippen molar-refractivity contribution in [3.05, 3.63) is 54.6 Å².